The molecule has 1 aliphatic heterocycles. The molecule has 0 aromatic carbocycles. The van der Waals surface area contributed by atoms with E-state index in [2.05, 4.69) is 43.2 Å². The Hall–Kier alpha value is -0.810. The van der Waals surface area contributed by atoms with Crippen LogP contribution in [0.2, 0.25) is 0 Å². The highest BCUT2D eigenvalue weighted by atomic mass is 16.5. The first-order valence-electron chi connectivity index (χ1n) is 9.48. The van der Waals surface area contributed by atoms with E-state index < -0.39 is 0 Å². The fourth-order valence-electron chi connectivity index (χ4n) is 3.80. The summed E-state index contributed by atoms with van der Waals surface area (Å²) in [6.07, 6.45) is 5.24. The summed E-state index contributed by atoms with van der Waals surface area (Å²) in [4.78, 5) is 7.37. The van der Waals surface area contributed by atoms with Gasteiger partial charge in [0.25, 0.3) is 0 Å². The van der Waals surface area contributed by atoms with Gasteiger partial charge in [0.05, 0.1) is 19.8 Å². The van der Waals surface area contributed by atoms with Crippen LogP contribution in [0, 0.1) is 5.92 Å². The average molecular weight is 325 g/mol. The van der Waals surface area contributed by atoms with Crippen LogP contribution in [0.1, 0.15) is 53.4 Å². The molecule has 2 N–H and O–H groups in total. The van der Waals surface area contributed by atoms with Crippen LogP contribution in [0.15, 0.2) is 4.99 Å². The van der Waals surface area contributed by atoms with Crippen LogP contribution < -0.4 is 10.6 Å². The zero-order chi connectivity index (χ0) is 16.7. The van der Waals surface area contributed by atoms with E-state index in [4.69, 9.17) is 9.73 Å². The topological polar surface area (TPSA) is 48.9 Å². The number of ether oxygens (including phenoxy) is 1. The van der Waals surface area contributed by atoms with E-state index in [9.17, 15) is 0 Å². The summed E-state index contributed by atoms with van der Waals surface area (Å²) in [5, 5.41) is 7.06. The SMILES string of the molecule is CCNC(=NCC(C)N1CCOCC1C)NC1CCCC(C)C1. The lowest BCUT2D eigenvalue weighted by Crippen LogP contribution is -2.50. The molecule has 4 atom stereocenters. The van der Waals surface area contributed by atoms with Gasteiger partial charge in [-0.3, -0.25) is 9.89 Å². The third-order valence-corrected chi connectivity index (χ3v) is 5.12. The highest BCUT2D eigenvalue weighted by molar-refractivity contribution is 5.80. The molecule has 0 spiro atoms. The van der Waals surface area contributed by atoms with Crippen molar-refractivity contribution in [2.24, 2.45) is 10.9 Å². The number of nitrogens with one attached hydrogen (secondary N) is 2. The number of nitrogens with zero attached hydrogens (tertiary/aromatic N) is 2. The molecule has 23 heavy (non-hydrogen) atoms. The van der Waals surface area contributed by atoms with Crippen LogP contribution in [0.25, 0.3) is 0 Å². The van der Waals surface area contributed by atoms with Crippen molar-refractivity contribution >= 4 is 5.96 Å². The van der Waals surface area contributed by atoms with Gasteiger partial charge in [0.15, 0.2) is 5.96 Å². The molecule has 2 fully saturated rings. The average Bonchev–Trinajstić information content (AvgIpc) is 2.53. The van der Waals surface area contributed by atoms with Crippen LogP contribution in [0.5, 0.6) is 0 Å². The van der Waals surface area contributed by atoms with Crippen molar-refractivity contribution in [1.82, 2.24) is 15.5 Å². The molecule has 1 aliphatic carbocycles. The molecule has 5 heteroatoms. The molecule has 0 bridgehead atoms. The number of hydrogen-bond donors (Lipinski definition) is 2. The summed E-state index contributed by atoms with van der Waals surface area (Å²) >= 11 is 0. The Morgan fingerprint density at radius 2 is 2.17 bits per heavy atom. The van der Waals surface area contributed by atoms with E-state index in [-0.39, 0.29) is 0 Å². The molecule has 0 aromatic heterocycles. The lowest BCUT2D eigenvalue weighted by Gasteiger charge is -2.37. The Kier molecular flexibility index (Phi) is 7.63. The van der Waals surface area contributed by atoms with Crippen molar-refractivity contribution in [1.29, 1.82) is 0 Å². The predicted molar refractivity (Wildman–Crippen MR) is 97.0 cm³/mol. The minimum absolute atomic E-state index is 0.453. The van der Waals surface area contributed by atoms with Gasteiger partial charge in [-0.1, -0.05) is 19.8 Å². The van der Waals surface area contributed by atoms with Gasteiger partial charge >= 0.3 is 0 Å². The Morgan fingerprint density at radius 3 is 2.87 bits per heavy atom. The lowest BCUT2D eigenvalue weighted by molar-refractivity contribution is -0.0165. The van der Waals surface area contributed by atoms with E-state index in [0.29, 0.717) is 18.1 Å². The van der Waals surface area contributed by atoms with Gasteiger partial charge in [0, 0.05) is 31.2 Å². The second-order valence-corrected chi connectivity index (χ2v) is 7.34. The molecule has 1 saturated carbocycles. The van der Waals surface area contributed by atoms with Crippen LogP contribution in [-0.4, -0.2) is 61.8 Å². The molecule has 0 radical (unpaired) electrons. The van der Waals surface area contributed by atoms with E-state index >= 15 is 0 Å². The van der Waals surface area contributed by atoms with E-state index in [1.807, 2.05) is 0 Å². The van der Waals surface area contributed by atoms with E-state index in [0.717, 1.165) is 44.7 Å². The van der Waals surface area contributed by atoms with Crippen LogP contribution >= 0.6 is 0 Å². The maximum absolute atomic E-state index is 5.53. The van der Waals surface area contributed by atoms with Crippen molar-refractivity contribution in [2.45, 2.75) is 71.5 Å². The Labute approximate surface area is 142 Å². The molecule has 1 saturated heterocycles. The highest BCUT2D eigenvalue weighted by Gasteiger charge is 2.24. The first kappa shape index (κ1) is 18.5. The molecular weight excluding hydrogens is 288 g/mol. The van der Waals surface area contributed by atoms with Gasteiger partial charge in [-0.25, -0.2) is 0 Å². The second kappa shape index (κ2) is 9.48. The summed E-state index contributed by atoms with van der Waals surface area (Å²) < 4.78 is 5.53. The van der Waals surface area contributed by atoms with Crippen LogP contribution in [0.3, 0.4) is 0 Å². The third-order valence-electron chi connectivity index (χ3n) is 5.12. The number of aliphatic imine (C=N–C) groups is 1. The largest absolute Gasteiger partial charge is 0.379 e. The van der Waals surface area contributed by atoms with Crippen molar-refractivity contribution in [3.8, 4) is 0 Å². The molecular formula is C18H36N4O. The first-order chi connectivity index (χ1) is 11.1. The monoisotopic (exact) mass is 324 g/mol. The van der Waals surface area contributed by atoms with Gasteiger partial charge < -0.3 is 15.4 Å². The molecule has 134 valence electrons. The fraction of sp³-hybridized carbons (Fsp3) is 0.944. The number of rotatable bonds is 5. The van der Waals surface area contributed by atoms with Crippen molar-refractivity contribution in [3.05, 3.63) is 0 Å². The van der Waals surface area contributed by atoms with Gasteiger partial charge in [-0.2, -0.15) is 0 Å². The molecule has 0 amide bonds. The Balaban J connectivity index is 1.86. The van der Waals surface area contributed by atoms with Gasteiger partial charge in [0.1, 0.15) is 0 Å². The summed E-state index contributed by atoms with van der Waals surface area (Å²) in [5.74, 6) is 1.82. The van der Waals surface area contributed by atoms with Gasteiger partial charge in [-0.05, 0) is 39.5 Å². The molecule has 2 rings (SSSR count). The molecule has 0 aromatic rings. The van der Waals surface area contributed by atoms with Gasteiger partial charge in [-0.15, -0.1) is 0 Å². The zero-order valence-corrected chi connectivity index (χ0v) is 15.5. The molecule has 4 unspecified atom stereocenters. The predicted octanol–water partition coefficient (Wildman–Crippen LogP) is 2.23. The summed E-state index contributed by atoms with van der Waals surface area (Å²) in [5.41, 5.74) is 0. The van der Waals surface area contributed by atoms with Gasteiger partial charge in [0.2, 0.25) is 0 Å². The first-order valence-corrected chi connectivity index (χ1v) is 9.48. The molecule has 1 heterocycles. The number of guanidine groups is 1. The quantitative estimate of drug-likeness (QED) is 0.601. The second-order valence-electron chi connectivity index (χ2n) is 7.34. The smallest absolute Gasteiger partial charge is 0.191 e. The van der Waals surface area contributed by atoms with Crippen LogP contribution in [0.4, 0.5) is 0 Å². The highest BCUT2D eigenvalue weighted by Crippen LogP contribution is 2.23. The Morgan fingerprint density at radius 1 is 1.35 bits per heavy atom. The maximum atomic E-state index is 5.53. The minimum Gasteiger partial charge on any atom is -0.379 e. The van der Waals surface area contributed by atoms with E-state index in [1.165, 1.54) is 25.7 Å². The number of hydrogen-bond acceptors (Lipinski definition) is 3. The van der Waals surface area contributed by atoms with Crippen LogP contribution in [-0.2, 0) is 4.74 Å². The van der Waals surface area contributed by atoms with Crippen molar-refractivity contribution in [2.75, 3.05) is 32.8 Å². The summed E-state index contributed by atoms with van der Waals surface area (Å²) in [6, 6.07) is 1.52. The third kappa shape index (κ3) is 5.96. The Bertz CT molecular complexity index is 374. The lowest BCUT2D eigenvalue weighted by atomic mass is 9.87. The fourth-order valence-corrected chi connectivity index (χ4v) is 3.80. The number of morpholine rings is 1. The maximum Gasteiger partial charge on any atom is 0.191 e. The molecule has 2 aliphatic rings. The zero-order valence-electron chi connectivity index (χ0n) is 15.5. The van der Waals surface area contributed by atoms with Crippen molar-refractivity contribution < 1.29 is 4.74 Å². The summed E-state index contributed by atoms with van der Waals surface area (Å²) in [7, 11) is 0. The van der Waals surface area contributed by atoms with E-state index in [1.54, 1.807) is 0 Å². The standard InChI is InChI=1S/C18H36N4O/c1-5-19-18(21-17-8-6-7-14(2)11-17)20-12-15(3)22-9-10-23-13-16(22)4/h14-17H,5-13H2,1-4H3,(H2,19,20,21). The minimum atomic E-state index is 0.453. The summed E-state index contributed by atoms with van der Waals surface area (Å²) in [6.45, 7) is 13.5. The normalized spacial score (nSPS) is 31.7. The molecule has 5 nitrogen and oxygen atoms in total. The van der Waals surface area contributed by atoms with Crippen molar-refractivity contribution in [3.63, 3.8) is 0 Å².